The Hall–Kier alpha value is -1.67. The van der Waals surface area contributed by atoms with E-state index < -0.39 is 15.5 Å². The van der Waals surface area contributed by atoms with Crippen LogP contribution in [0.4, 0.5) is 0 Å². The second-order valence-electron chi connectivity index (χ2n) is 5.26. The quantitative estimate of drug-likeness (QED) is 0.841. The van der Waals surface area contributed by atoms with E-state index in [0.29, 0.717) is 13.1 Å². The predicted octanol–water partition coefficient (Wildman–Crippen LogP) is -0.136. The van der Waals surface area contributed by atoms with E-state index in [9.17, 15) is 18.0 Å². The maximum Gasteiger partial charge on any atom is 0.248 e. The highest BCUT2D eigenvalue weighted by Gasteiger charge is 2.31. The minimum atomic E-state index is -3.81. The first-order valence-corrected chi connectivity index (χ1v) is 8.24. The third-order valence-electron chi connectivity index (χ3n) is 3.45. The summed E-state index contributed by atoms with van der Waals surface area (Å²) in [5.74, 6) is -0.0882. The summed E-state index contributed by atoms with van der Waals surface area (Å²) in [6, 6.07) is 1.19. The number of nitrogens with zero attached hydrogens (tertiary/aromatic N) is 2. The summed E-state index contributed by atoms with van der Waals surface area (Å²) in [7, 11) is -3.81. The molecule has 0 atom stereocenters. The monoisotopic (exact) mass is 313 g/mol. The lowest BCUT2D eigenvalue weighted by Gasteiger charge is -2.34. The van der Waals surface area contributed by atoms with Gasteiger partial charge in [-0.05, 0) is 0 Å². The molecule has 2 heterocycles. The summed E-state index contributed by atoms with van der Waals surface area (Å²) in [5.41, 5.74) is -0.533. The molecular formula is C13H19N3O4S. The molecule has 21 heavy (non-hydrogen) atoms. The number of piperazine rings is 1. The number of carbonyl (C=O) groups excluding carboxylic acids is 1. The largest absolute Gasteiger partial charge is 0.366 e. The fraction of sp³-hybridized carbons (Fsp3) is 0.538. The van der Waals surface area contributed by atoms with Crippen LogP contribution in [-0.4, -0.2) is 54.7 Å². The van der Waals surface area contributed by atoms with Crippen LogP contribution in [0.25, 0.3) is 0 Å². The molecule has 0 aromatic carbocycles. The van der Waals surface area contributed by atoms with Gasteiger partial charge in [0.2, 0.25) is 21.4 Å². The van der Waals surface area contributed by atoms with Crippen molar-refractivity contribution >= 4 is 15.9 Å². The van der Waals surface area contributed by atoms with Crippen molar-refractivity contribution in [3.63, 3.8) is 0 Å². The number of nitrogens with one attached hydrogen (secondary N) is 1. The number of rotatable bonds is 3. The third kappa shape index (κ3) is 3.16. The molecule has 1 N–H and O–H groups in total. The zero-order chi connectivity index (χ0) is 15.6. The number of H-pyrrole nitrogens is 1. The number of aromatic nitrogens is 1. The molecule has 1 aromatic heterocycles. The van der Waals surface area contributed by atoms with Crippen LogP contribution in [0.5, 0.6) is 0 Å². The Morgan fingerprint density at radius 3 is 2.38 bits per heavy atom. The number of sulfonamides is 1. The van der Waals surface area contributed by atoms with E-state index in [1.54, 1.807) is 4.90 Å². The molecule has 1 amide bonds. The maximum absolute atomic E-state index is 12.4. The zero-order valence-corrected chi connectivity index (χ0v) is 12.9. The molecular weight excluding hydrogens is 294 g/mol. The fourth-order valence-corrected chi connectivity index (χ4v) is 3.72. The highest BCUT2D eigenvalue weighted by Crippen LogP contribution is 2.15. The van der Waals surface area contributed by atoms with Gasteiger partial charge in [0.1, 0.15) is 4.90 Å². The Morgan fingerprint density at radius 1 is 1.24 bits per heavy atom. The summed E-state index contributed by atoms with van der Waals surface area (Å²) in [5, 5.41) is 0. The van der Waals surface area contributed by atoms with Gasteiger partial charge in [0.05, 0.1) is 0 Å². The molecule has 1 saturated heterocycles. The molecule has 2 rings (SSSR count). The normalized spacial score (nSPS) is 17.2. The number of amides is 1. The number of aromatic amines is 1. The smallest absolute Gasteiger partial charge is 0.248 e. The van der Waals surface area contributed by atoms with Crippen LogP contribution in [0.3, 0.4) is 0 Å². The second kappa shape index (κ2) is 5.98. The average Bonchev–Trinajstić information content (AvgIpc) is 2.46. The molecule has 0 radical (unpaired) electrons. The molecule has 0 saturated carbocycles. The van der Waals surface area contributed by atoms with E-state index in [-0.39, 0.29) is 29.8 Å². The Kier molecular flexibility index (Phi) is 4.48. The van der Waals surface area contributed by atoms with Crippen LogP contribution in [0.2, 0.25) is 0 Å². The Morgan fingerprint density at radius 2 is 1.86 bits per heavy atom. The lowest BCUT2D eigenvalue weighted by atomic mass is 10.2. The van der Waals surface area contributed by atoms with E-state index in [4.69, 9.17) is 0 Å². The molecule has 116 valence electrons. The van der Waals surface area contributed by atoms with Gasteiger partial charge >= 0.3 is 0 Å². The van der Waals surface area contributed by atoms with Gasteiger partial charge in [-0.1, -0.05) is 13.8 Å². The van der Waals surface area contributed by atoms with Crippen molar-refractivity contribution in [1.82, 2.24) is 14.2 Å². The minimum absolute atomic E-state index is 0.0182. The fourth-order valence-electron chi connectivity index (χ4n) is 2.26. The van der Waals surface area contributed by atoms with Crippen molar-refractivity contribution in [1.29, 1.82) is 0 Å². The van der Waals surface area contributed by atoms with Gasteiger partial charge in [-0.2, -0.15) is 4.31 Å². The van der Waals surface area contributed by atoms with E-state index in [0.717, 1.165) is 0 Å². The van der Waals surface area contributed by atoms with Crippen molar-refractivity contribution in [2.75, 3.05) is 26.2 Å². The molecule has 1 aliphatic rings. The minimum Gasteiger partial charge on any atom is -0.366 e. The highest BCUT2D eigenvalue weighted by atomic mass is 32.2. The summed E-state index contributed by atoms with van der Waals surface area (Å²) < 4.78 is 26.1. The lowest BCUT2D eigenvalue weighted by Crippen LogP contribution is -2.51. The van der Waals surface area contributed by atoms with E-state index in [2.05, 4.69) is 4.98 Å². The van der Waals surface area contributed by atoms with Crippen LogP contribution >= 0.6 is 0 Å². The van der Waals surface area contributed by atoms with Crippen LogP contribution < -0.4 is 5.43 Å². The second-order valence-corrected chi connectivity index (χ2v) is 7.16. The molecule has 1 aliphatic heterocycles. The zero-order valence-electron chi connectivity index (χ0n) is 12.1. The van der Waals surface area contributed by atoms with Gasteiger partial charge < -0.3 is 9.88 Å². The van der Waals surface area contributed by atoms with Crippen LogP contribution in [0, 0.1) is 5.92 Å². The summed E-state index contributed by atoms with van der Waals surface area (Å²) >= 11 is 0. The van der Waals surface area contributed by atoms with Crippen molar-refractivity contribution in [2.45, 2.75) is 18.7 Å². The highest BCUT2D eigenvalue weighted by molar-refractivity contribution is 7.89. The molecule has 0 spiro atoms. The Labute approximate surface area is 123 Å². The molecule has 0 aliphatic carbocycles. The summed E-state index contributed by atoms with van der Waals surface area (Å²) in [6.45, 7) is 4.73. The van der Waals surface area contributed by atoms with E-state index in [1.165, 1.54) is 22.8 Å². The van der Waals surface area contributed by atoms with Crippen LogP contribution in [-0.2, 0) is 14.8 Å². The van der Waals surface area contributed by atoms with Crippen LogP contribution in [0.1, 0.15) is 13.8 Å². The first-order chi connectivity index (χ1) is 9.84. The van der Waals surface area contributed by atoms with Gasteiger partial charge in [-0.3, -0.25) is 9.59 Å². The molecule has 1 aromatic rings. The first-order valence-electron chi connectivity index (χ1n) is 6.80. The third-order valence-corrected chi connectivity index (χ3v) is 5.37. The number of carbonyl (C=O) groups is 1. The maximum atomic E-state index is 12.4. The SMILES string of the molecule is CC(C)C(=O)N1CCN(S(=O)(=O)c2c[nH]ccc2=O)CC1. The summed E-state index contributed by atoms with van der Waals surface area (Å²) in [6.07, 6.45) is 2.59. The molecule has 0 unspecified atom stereocenters. The van der Waals surface area contributed by atoms with Gasteiger partial charge in [-0.15, -0.1) is 0 Å². The van der Waals surface area contributed by atoms with E-state index >= 15 is 0 Å². The van der Waals surface area contributed by atoms with Crippen molar-refractivity contribution in [3.05, 3.63) is 28.7 Å². The molecule has 1 fully saturated rings. The van der Waals surface area contributed by atoms with Gasteiger partial charge in [0.25, 0.3) is 0 Å². The van der Waals surface area contributed by atoms with Gasteiger partial charge in [0.15, 0.2) is 0 Å². The standard InChI is InChI=1S/C13H19N3O4S/c1-10(2)13(18)15-5-7-16(8-6-15)21(19,20)12-9-14-4-3-11(12)17/h3-4,9-10H,5-8H2,1-2H3,(H,14,17). The van der Waals surface area contributed by atoms with Crippen molar-refractivity contribution < 1.29 is 13.2 Å². The number of hydrogen-bond donors (Lipinski definition) is 1. The van der Waals surface area contributed by atoms with E-state index in [1.807, 2.05) is 13.8 Å². The van der Waals surface area contributed by atoms with Crippen molar-refractivity contribution in [2.24, 2.45) is 5.92 Å². The predicted molar refractivity (Wildman–Crippen MR) is 77.2 cm³/mol. The van der Waals surface area contributed by atoms with Gasteiger partial charge in [0, 0.05) is 50.6 Å². The number of hydrogen-bond acceptors (Lipinski definition) is 4. The topological polar surface area (TPSA) is 90.6 Å². The molecule has 8 heteroatoms. The lowest BCUT2D eigenvalue weighted by molar-refractivity contribution is -0.135. The average molecular weight is 313 g/mol. The molecule has 7 nitrogen and oxygen atoms in total. The van der Waals surface area contributed by atoms with Crippen LogP contribution in [0.15, 0.2) is 28.2 Å². The number of pyridine rings is 1. The van der Waals surface area contributed by atoms with Gasteiger partial charge in [-0.25, -0.2) is 8.42 Å². The Bertz CT molecular complexity index is 673. The van der Waals surface area contributed by atoms with Crippen molar-refractivity contribution in [3.8, 4) is 0 Å². The molecule has 0 bridgehead atoms. The Balaban J connectivity index is 2.14. The first kappa shape index (κ1) is 15.7. The summed E-state index contributed by atoms with van der Waals surface area (Å²) in [4.78, 5) is 27.6.